The minimum atomic E-state index is 0.621. The minimum absolute atomic E-state index is 0.621. The van der Waals surface area contributed by atoms with Crippen molar-refractivity contribution in [3.63, 3.8) is 0 Å². The number of nitrogens with two attached hydrogens (primary N) is 1. The highest BCUT2D eigenvalue weighted by Gasteiger charge is 2.30. The number of hydrogen-bond acceptors (Lipinski definition) is 2. The fraction of sp³-hybridized carbons (Fsp3) is 0.400. The summed E-state index contributed by atoms with van der Waals surface area (Å²) in [6.45, 7) is 4.26. The quantitative estimate of drug-likeness (QED) is 0.877. The molecule has 0 saturated heterocycles. The van der Waals surface area contributed by atoms with Crippen LogP contribution in [0.25, 0.3) is 11.3 Å². The fourth-order valence-electron chi connectivity index (χ4n) is 2.44. The zero-order valence-electron chi connectivity index (χ0n) is 11.2. The van der Waals surface area contributed by atoms with Crippen molar-refractivity contribution < 1.29 is 0 Å². The van der Waals surface area contributed by atoms with Gasteiger partial charge in [0.15, 0.2) is 0 Å². The molecule has 0 unspecified atom stereocenters. The Labute approximate surface area is 108 Å². The third-order valence-corrected chi connectivity index (χ3v) is 3.98. The van der Waals surface area contributed by atoms with Gasteiger partial charge in [0, 0.05) is 18.5 Å². The van der Waals surface area contributed by atoms with Gasteiger partial charge < -0.3 is 10.3 Å². The van der Waals surface area contributed by atoms with Crippen LogP contribution in [0.5, 0.6) is 0 Å². The van der Waals surface area contributed by atoms with Crippen molar-refractivity contribution in [3.8, 4) is 11.3 Å². The molecule has 0 spiro atoms. The molecule has 2 N–H and O–H groups in total. The van der Waals surface area contributed by atoms with Crippen LogP contribution in [-0.4, -0.2) is 9.55 Å². The summed E-state index contributed by atoms with van der Waals surface area (Å²) in [4.78, 5) is 4.78. The standard InChI is InChI=1S/C15H19N3/c1-9-5-4-6-12(10(9)2)13-14(16)18(3)15(17-13)11-7-8-11/h4-6,11H,7-8,16H2,1-3H3. The second-order valence-corrected chi connectivity index (χ2v) is 5.28. The summed E-state index contributed by atoms with van der Waals surface area (Å²) < 4.78 is 2.05. The van der Waals surface area contributed by atoms with Gasteiger partial charge in [-0.1, -0.05) is 18.2 Å². The van der Waals surface area contributed by atoms with Crippen LogP contribution in [0.4, 0.5) is 5.82 Å². The van der Waals surface area contributed by atoms with Gasteiger partial charge >= 0.3 is 0 Å². The number of anilines is 1. The lowest BCUT2D eigenvalue weighted by Gasteiger charge is -2.07. The van der Waals surface area contributed by atoms with E-state index in [1.807, 2.05) is 7.05 Å². The van der Waals surface area contributed by atoms with Gasteiger partial charge in [0.05, 0.1) is 0 Å². The van der Waals surface area contributed by atoms with Crippen molar-refractivity contribution in [2.75, 3.05) is 5.73 Å². The van der Waals surface area contributed by atoms with Gasteiger partial charge in [0.1, 0.15) is 17.3 Å². The second kappa shape index (κ2) is 3.87. The molecule has 1 aliphatic carbocycles. The molecule has 3 nitrogen and oxygen atoms in total. The SMILES string of the molecule is Cc1cccc(-c2nc(C3CC3)n(C)c2N)c1C. The summed E-state index contributed by atoms with van der Waals surface area (Å²) in [6.07, 6.45) is 2.49. The second-order valence-electron chi connectivity index (χ2n) is 5.28. The summed E-state index contributed by atoms with van der Waals surface area (Å²) in [7, 11) is 2.02. The lowest BCUT2D eigenvalue weighted by molar-refractivity contribution is 0.807. The summed E-state index contributed by atoms with van der Waals surface area (Å²) >= 11 is 0. The van der Waals surface area contributed by atoms with E-state index in [4.69, 9.17) is 10.7 Å². The molecule has 1 saturated carbocycles. The highest BCUT2D eigenvalue weighted by atomic mass is 15.1. The summed E-state index contributed by atoms with van der Waals surface area (Å²) in [6, 6.07) is 6.31. The Morgan fingerprint density at radius 1 is 1.28 bits per heavy atom. The van der Waals surface area contributed by atoms with Gasteiger partial charge in [-0.3, -0.25) is 0 Å². The van der Waals surface area contributed by atoms with E-state index in [0.717, 1.165) is 22.9 Å². The Hall–Kier alpha value is -1.77. The minimum Gasteiger partial charge on any atom is -0.383 e. The van der Waals surface area contributed by atoms with Crippen LogP contribution in [0.1, 0.15) is 35.7 Å². The first kappa shape index (κ1) is 11.3. The first-order valence-electron chi connectivity index (χ1n) is 6.48. The first-order chi connectivity index (χ1) is 8.59. The Kier molecular flexibility index (Phi) is 2.44. The topological polar surface area (TPSA) is 43.8 Å². The maximum atomic E-state index is 6.22. The van der Waals surface area contributed by atoms with E-state index in [-0.39, 0.29) is 0 Å². The Morgan fingerprint density at radius 2 is 2.00 bits per heavy atom. The molecule has 3 rings (SSSR count). The summed E-state index contributed by atoms with van der Waals surface area (Å²) in [5.41, 5.74) is 10.9. The van der Waals surface area contributed by atoms with Crippen LogP contribution in [0.2, 0.25) is 0 Å². The van der Waals surface area contributed by atoms with E-state index in [9.17, 15) is 0 Å². The lowest BCUT2D eigenvalue weighted by atomic mass is 10.0. The molecular formula is C15H19N3. The fourth-order valence-corrected chi connectivity index (χ4v) is 2.44. The zero-order valence-corrected chi connectivity index (χ0v) is 11.2. The highest BCUT2D eigenvalue weighted by Crippen LogP contribution is 2.42. The van der Waals surface area contributed by atoms with Crippen molar-refractivity contribution in [2.45, 2.75) is 32.6 Å². The maximum Gasteiger partial charge on any atom is 0.131 e. The molecule has 0 aliphatic heterocycles. The number of aromatic nitrogens is 2. The third-order valence-electron chi connectivity index (χ3n) is 3.98. The molecule has 1 aliphatic rings. The molecule has 18 heavy (non-hydrogen) atoms. The van der Waals surface area contributed by atoms with Crippen molar-refractivity contribution in [1.29, 1.82) is 0 Å². The Morgan fingerprint density at radius 3 is 2.67 bits per heavy atom. The van der Waals surface area contributed by atoms with Gasteiger partial charge in [-0.15, -0.1) is 0 Å². The van der Waals surface area contributed by atoms with E-state index in [1.54, 1.807) is 0 Å². The number of rotatable bonds is 2. The highest BCUT2D eigenvalue weighted by molar-refractivity contribution is 5.74. The van der Waals surface area contributed by atoms with Crippen molar-refractivity contribution in [2.24, 2.45) is 7.05 Å². The molecule has 2 aromatic rings. The van der Waals surface area contributed by atoms with E-state index in [2.05, 4.69) is 36.6 Å². The predicted octanol–water partition coefficient (Wildman–Crippen LogP) is 3.16. The Bertz CT molecular complexity index is 606. The monoisotopic (exact) mass is 241 g/mol. The average Bonchev–Trinajstić information content (AvgIpc) is 3.14. The molecule has 94 valence electrons. The molecule has 0 amide bonds. The lowest BCUT2D eigenvalue weighted by Crippen LogP contribution is -2.00. The molecule has 0 atom stereocenters. The third kappa shape index (κ3) is 1.62. The van der Waals surface area contributed by atoms with Gasteiger partial charge in [-0.05, 0) is 37.8 Å². The van der Waals surface area contributed by atoms with Crippen LogP contribution in [0, 0.1) is 13.8 Å². The van der Waals surface area contributed by atoms with E-state index in [1.165, 1.54) is 24.0 Å². The van der Waals surface area contributed by atoms with Crippen LogP contribution in [-0.2, 0) is 7.05 Å². The van der Waals surface area contributed by atoms with E-state index < -0.39 is 0 Å². The number of nitrogens with zero attached hydrogens (tertiary/aromatic N) is 2. The molecule has 0 bridgehead atoms. The molecule has 3 heteroatoms. The molecule has 1 aromatic carbocycles. The number of nitrogen functional groups attached to an aromatic ring is 1. The molecule has 1 heterocycles. The largest absolute Gasteiger partial charge is 0.383 e. The van der Waals surface area contributed by atoms with Crippen molar-refractivity contribution >= 4 is 5.82 Å². The first-order valence-corrected chi connectivity index (χ1v) is 6.48. The summed E-state index contributed by atoms with van der Waals surface area (Å²) in [5, 5.41) is 0. The summed E-state index contributed by atoms with van der Waals surface area (Å²) in [5.74, 6) is 2.55. The molecule has 1 aromatic heterocycles. The predicted molar refractivity (Wildman–Crippen MR) is 74.5 cm³/mol. The number of imidazole rings is 1. The number of hydrogen-bond donors (Lipinski definition) is 1. The zero-order chi connectivity index (χ0) is 12.9. The van der Waals surface area contributed by atoms with Gasteiger partial charge in [-0.25, -0.2) is 4.98 Å². The Balaban J connectivity index is 2.17. The number of benzene rings is 1. The van der Waals surface area contributed by atoms with Crippen molar-refractivity contribution in [3.05, 3.63) is 35.2 Å². The van der Waals surface area contributed by atoms with Gasteiger partial charge in [-0.2, -0.15) is 0 Å². The van der Waals surface area contributed by atoms with E-state index >= 15 is 0 Å². The van der Waals surface area contributed by atoms with Crippen LogP contribution in [0.15, 0.2) is 18.2 Å². The normalized spacial score (nSPS) is 15.1. The molecule has 1 fully saturated rings. The van der Waals surface area contributed by atoms with Gasteiger partial charge in [0.2, 0.25) is 0 Å². The smallest absolute Gasteiger partial charge is 0.131 e. The van der Waals surface area contributed by atoms with E-state index in [0.29, 0.717) is 5.92 Å². The van der Waals surface area contributed by atoms with Crippen LogP contribution >= 0.6 is 0 Å². The molecular weight excluding hydrogens is 222 g/mol. The maximum absolute atomic E-state index is 6.22. The van der Waals surface area contributed by atoms with Crippen LogP contribution in [0.3, 0.4) is 0 Å². The average molecular weight is 241 g/mol. The van der Waals surface area contributed by atoms with Crippen molar-refractivity contribution in [1.82, 2.24) is 9.55 Å². The number of aryl methyl sites for hydroxylation is 1. The van der Waals surface area contributed by atoms with Crippen LogP contribution < -0.4 is 5.73 Å². The van der Waals surface area contributed by atoms with Gasteiger partial charge in [0.25, 0.3) is 0 Å². The molecule has 0 radical (unpaired) electrons.